The molecule has 1 aromatic rings. The predicted molar refractivity (Wildman–Crippen MR) is 85.2 cm³/mol. The van der Waals surface area contributed by atoms with Gasteiger partial charge in [0.15, 0.2) is 0 Å². The van der Waals surface area contributed by atoms with Gasteiger partial charge in [-0.3, -0.25) is 4.90 Å². The van der Waals surface area contributed by atoms with E-state index in [-0.39, 0.29) is 6.04 Å². The molecule has 2 nitrogen and oxygen atoms in total. The van der Waals surface area contributed by atoms with E-state index in [1.807, 2.05) is 0 Å². The third kappa shape index (κ3) is 3.59. The van der Waals surface area contributed by atoms with E-state index in [9.17, 15) is 0 Å². The first-order chi connectivity index (χ1) is 9.11. The van der Waals surface area contributed by atoms with Gasteiger partial charge in [0.2, 0.25) is 0 Å². The average Bonchev–Trinajstić information content (AvgIpc) is 2.42. The summed E-state index contributed by atoms with van der Waals surface area (Å²) < 4.78 is 1.17. The molecule has 0 aromatic heterocycles. The molecule has 1 fully saturated rings. The SMILES string of the molecule is CC(N)C(c1ccccc1Br)N(C)C1CCCCC1. The Balaban J connectivity index is 2.22. The third-order valence-electron chi connectivity index (χ3n) is 4.31. The Hall–Kier alpha value is -0.380. The first-order valence-corrected chi connectivity index (χ1v) is 8.12. The standard InChI is InChI=1S/C16H25BrN2/c1-12(18)16(14-10-6-7-11-15(14)17)19(2)13-8-4-3-5-9-13/h6-7,10-13,16H,3-5,8-9,18H2,1-2H3. The normalized spacial score (nSPS) is 20.5. The summed E-state index contributed by atoms with van der Waals surface area (Å²) in [5.74, 6) is 0. The molecule has 3 heteroatoms. The van der Waals surface area contributed by atoms with Gasteiger partial charge in [-0.25, -0.2) is 0 Å². The van der Waals surface area contributed by atoms with E-state index in [0.29, 0.717) is 12.1 Å². The summed E-state index contributed by atoms with van der Waals surface area (Å²) in [4.78, 5) is 2.50. The summed E-state index contributed by atoms with van der Waals surface area (Å²) in [5.41, 5.74) is 7.59. The first kappa shape index (κ1) is 15.0. The molecule has 0 spiro atoms. The molecule has 2 rings (SSSR count). The topological polar surface area (TPSA) is 29.3 Å². The number of hydrogen-bond donors (Lipinski definition) is 1. The smallest absolute Gasteiger partial charge is 0.0507 e. The molecule has 1 aromatic carbocycles. The number of rotatable bonds is 4. The highest BCUT2D eigenvalue weighted by Gasteiger charge is 2.29. The largest absolute Gasteiger partial charge is 0.326 e. The van der Waals surface area contributed by atoms with Crippen molar-refractivity contribution in [3.63, 3.8) is 0 Å². The molecule has 0 saturated heterocycles. The molecule has 1 aliphatic carbocycles. The maximum absolute atomic E-state index is 6.28. The Morgan fingerprint density at radius 2 is 1.84 bits per heavy atom. The van der Waals surface area contributed by atoms with Crippen molar-refractivity contribution in [1.82, 2.24) is 4.90 Å². The molecular weight excluding hydrogens is 300 g/mol. The lowest BCUT2D eigenvalue weighted by atomic mass is 9.91. The van der Waals surface area contributed by atoms with Crippen LogP contribution < -0.4 is 5.73 Å². The molecule has 0 radical (unpaired) electrons. The minimum atomic E-state index is 0.130. The van der Waals surface area contributed by atoms with E-state index in [1.54, 1.807) is 0 Å². The van der Waals surface area contributed by atoms with Crippen LogP contribution in [0.15, 0.2) is 28.7 Å². The second kappa shape index (κ2) is 6.87. The van der Waals surface area contributed by atoms with Gasteiger partial charge >= 0.3 is 0 Å². The Morgan fingerprint density at radius 1 is 1.21 bits per heavy atom. The molecule has 0 heterocycles. The van der Waals surface area contributed by atoms with E-state index >= 15 is 0 Å². The van der Waals surface area contributed by atoms with Crippen LogP contribution in [0.4, 0.5) is 0 Å². The Kier molecular flexibility index (Phi) is 5.43. The van der Waals surface area contributed by atoms with Crippen LogP contribution in [-0.4, -0.2) is 24.0 Å². The summed E-state index contributed by atoms with van der Waals surface area (Å²) in [7, 11) is 2.24. The van der Waals surface area contributed by atoms with Crippen LogP contribution in [0.1, 0.15) is 50.6 Å². The summed E-state index contributed by atoms with van der Waals surface area (Å²) in [6, 6.07) is 9.56. The zero-order valence-electron chi connectivity index (χ0n) is 12.0. The fraction of sp³-hybridized carbons (Fsp3) is 0.625. The average molecular weight is 325 g/mol. The molecule has 1 saturated carbocycles. The number of halogens is 1. The molecule has 0 amide bonds. The van der Waals surface area contributed by atoms with Gasteiger partial charge in [0, 0.05) is 16.6 Å². The van der Waals surface area contributed by atoms with Crippen molar-refractivity contribution in [3.05, 3.63) is 34.3 Å². The molecule has 2 N–H and O–H groups in total. The van der Waals surface area contributed by atoms with Gasteiger partial charge in [0.25, 0.3) is 0 Å². The number of hydrogen-bond acceptors (Lipinski definition) is 2. The second-order valence-corrected chi connectivity index (χ2v) is 6.64. The van der Waals surface area contributed by atoms with Crippen molar-refractivity contribution in [1.29, 1.82) is 0 Å². The number of nitrogens with zero attached hydrogens (tertiary/aromatic N) is 1. The van der Waals surface area contributed by atoms with Crippen LogP contribution in [0.5, 0.6) is 0 Å². The minimum Gasteiger partial charge on any atom is -0.326 e. The van der Waals surface area contributed by atoms with E-state index < -0.39 is 0 Å². The lowest BCUT2D eigenvalue weighted by Gasteiger charge is -2.39. The minimum absolute atomic E-state index is 0.130. The van der Waals surface area contributed by atoms with Crippen LogP contribution in [0.3, 0.4) is 0 Å². The maximum atomic E-state index is 6.28. The lowest BCUT2D eigenvalue weighted by molar-refractivity contribution is 0.123. The maximum Gasteiger partial charge on any atom is 0.0507 e. The fourth-order valence-electron chi connectivity index (χ4n) is 3.30. The lowest BCUT2D eigenvalue weighted by Crippen LogP contribution is -2.43. The molecule has 2 atom stereocenters. The van der Waals surface area contributed by atoms with Gasteiger partial charge in [0.1, 0.15) is 0 Å². The summed E-state index contributed by atoms with van der Waals surface area (Å²) in [5, 5.41) is 0. The van der Waals surface area contributed by atoms with Crippen molar-refractivity contribution >= 4 is 15.9 Å². The zero-order chi connectivity index (χ0) is 13.8. The van der Waals surface area contributed by atoms with Crippen LogP contribution in [0.25, 0.3) is 0 Å². The second-order valence-electron chi connectivity index (χ2n) is 5.78. The van der Waals surface area contributed by atoms with E-state index in [2.05, 4.69) is 59.1 Å². The Morgan fingerprint density at radius 3 is 2.42 bits per heavy atom. The number of likely N-dealkylation sites (N-methyl/N-ethyl adjacent to an activating group) is 1. The molecular formula is C16H25BrN2. The highest BCUT2D eigenvalue weighted by molar-refractivity contribution is 9.10. The molecule has 0 bridgehead atoms. The van der Waals surface area contributed by atoms with Crippen LogP contribution in [0, 0.1) is 0 Å². The van der Waals surface area contributed by atoms with Crippen molar-refractivity contribution in [2.24, 2.45) is 5.73 Å². The Labute approximate surface area is 125 Å². The highest BCUT2D eigenvalue weighted by Crippen LogP contribution is 2.33. The number of benzene rings is 1. The molecule has 19 heavy (non-hydrogen) atoms. The van der Waals surface area contributed by atoms with Gasteiger partial charge in [-0.2, -0.15) is 0 Å². The summed E-state index contributed by atoms with van der Waals surface area (Å²) >= 11 is 3.68. The van der Waals surface area contributed by atoms with Crippen LogP contribution >= 0.6 is 15.9 Å². The first-order valence-electron chi connectivity index (χ1n) is 7.33. The van der Waals surface area contributed by atoms with E-state index in [4.69, 9.17) is 5.73 Å². The van der Waals surface area contributed by atoms with Crippen molar-refractivity contribution in [3.8, 4) is 0 Å². The zero-order valence-corrected chi connectivity index (χ0v) is 13.6. The van der Waals surface area contributed by atoms with Gasteiger partial charge in [0.05, 0.1) is 6.04 Å². The molecule has 106 valence electrons. The van der Waals surface area contributed by atoms with Gasteiger partial charge < -0.3 is 5.73 Å². The monoisotopic (exact) mass is 324 g/mol. The summed E-state index contributed by atoms with van der Waals surface area (Å²) in [6.07, 6.45) is 6.73. The number of nitrogens with two attached hydrogens (primary N) is 1. The highest BCUT2D eigenvalue weighted by atomic mass is 79.9. The van der Waals surface area contributed by atoms with Crippen molar-refractivity contribution in [2.75, 3.05) is 7.05 Å². The van der Waals surface area contributed by atoms with Crippen molar-refractivity contribution < 1.29 is 0 Å². The van der Waals surface area contributed by atoms with Gasteiger partial charge in [-0.05, 0) is 38.4 Å². The molecule has 1 aliphatic rings. The predicted octanol–water partition coefficient (Wildman–Crippen LogP) is 4.10. The quantitative estimate of drug-likeness (QED) is 0.903. The molecule has 0 aliphatic heterocycles. The van der Waals surface area contributed by atoms with Gasteiger partial charge in [-0.15, -0.1) is 0 Å². The molecule has 2 unspecified atom stereocenters. The van der Waals surface area contributed by atoms with Crippen LogP contribution in [0.2, 0.25) is 0 Å². The third-order valence-corrected chi connectivity index (χ3v) is 5.03. The summed E-state index contributed by atoms with van der Waals surface area (Å²) in [6.45, 7) is 2.11. The van der Waals surface area contributed by atoms with Crippen LogP contribution in [-0.2, 0) is 0 Å². The van der Waals surface area contributed by atoms with E-state index in [1.165, 1.54) is 42.1 Å². The fourth-order valence-corrected chi connectivity index (χ4v) is 3.82. The van der Waals surface area contributed by atoms with Gasteiger partial charge in [-0.1, -0.05) is 53.4 Å². The van der Waals surface area contributed by atoms with Crippen molar-refractivity contribution in [2.45, 2.75) is 57.2 Å². The van der Waals surface area contributed by atoms with E-state index in [0.717, 1.165) is 0 Å². The Bertz CT molecular complexity index is 399.